The smallest absolute Gasteiger partial charge is 0.333 e. The molecule has 1 unspecified atom stereocenters. The van der Waals surface area contributed by atoms with Crippen LogP contribution in [0.1, 0.15) is 6.92 Å². The molecule has 0 bridgehead atoms. The molecule has 1 aliphatic heterocycles. The highest BCUT2D eigenvalue weighted by molar-refractivity contribution is 5.84. The zero-order chi connectivity index (χ0) is 6.91. The summed E-state index contributed by atoms with van der Waals surface area (Å²) in [7, 11) is 1.49. The minimum absolute atomic E-state index is 0.348. The molecule has 0 spiro atoms. The number of esters is 1. The molecule has 0 aromatic carbocycles. The van der Waals surface area contributed by atoms with E-state index in [0.717, 1.165) is 0 Å². The van der Waals surface area contributed by atoms with Crippen molar-refractivity contribution in [2.75, 3.05) is 7.11 Å². The fourth-order valence-electron chi connectivity index (χ4n) is 0.597. The Morgan fingerprint density at radius 1 is 1.78 bits per heavy atom. The van der Waals surface area contributed by atoms with Gasteiger partial charge in [0.05, 0.1) is 0 Å². The Kier molecular flexibility index (Phi) is 1.29. The summed E-state index contributed by atoms with van der Waals surface area (Å²) in [6.45, 7) is 1.68. The van der Waals surface area contributed by atoms with Crippen molar-refractivity contribution >= 4 is 5.97 Å². The van der Waals surface area contributed by atoms with Crippen molar-refractivity contribution in [1.29, 1.82) is 0 Å². The molecule has 0 radical (unpaired) electrons. The zero-order valence-corrected chi connectivity index (χ0v) is 5.38. The summed E-state index contributed by atoms with van der Waals surface area (Å²) < 4.78 is 9.56. The first-order valence-corrected chi connectivity index (χ1v) is 2.64. The zero-order valence-electron chi connectivity index (χ0n) is 5.38. The van der Waals surface area contributed by atoms with Crippen LogP contribution in [0.2, 0.25) is 0 Å². The number of hydrogen-bond acceptors (Lipinski definition) is 3. The second-order valence-electron chi connectivity index (χ2n) is 1.97. The molecule has 0 aromatic rings. The Labute approximate surface area is 53.3 Å². The van der Waals surface area contributed by atoms with Crippen LogP contribution in [0.4, 0.5) is 0 Å². The van der Waals surface area contributed by atoms with Crippen molar-refractivity contribution in [2.24, 2.45) is 0 Å². The van der Waals surface area contributed by atoms with E-state index in [1.807, 2.05) is 0 Å². The van der Waals surface area contributed by atoms with Gasteiger partial charge in [-0.25, -0.2) is 4.79 Å². The van der Waals surface area contributed by atoms with Gasteiger partial charge in [-0.3, -0.25) is 0 Å². The van der Waals surface area contributed by atoms with Crippen LogP contribution in [0.3, 0.4) is 0 Å². The second-order valence-corrected chi connectivity index (χ2v) is 1.97. The Hall–Kier alpha value is -0.830. The molecule has 3 heteroatoms. The van der Waals surface area contributed by atoms with Crippen LogP contribution in [-0.4, -0.2) is 18.9 Å². The summed E-state index contributed by atoms with van der Waals surface area (Å²) in [5, 5.41) is 0. The molecule has 1 atom stereocenters. The molecule has 0 amide bonds. The quantitative estimate of drug-likeness (QED) is 0.481. The normalized spacial score (nSPS) is 32.9. The molecule has 0 fully saturated rings. The van der Waals surface area contributed by atoms with Gasteiger partial charge in [0.15, 0.2) is 0 Å². The Bertz CT molecular complexity index is 162. The number of ether oxygens (including phenoxy) is 2. The molecule has 3 nitrogen and oxygen atoms in total. The molecule has 9 heavy (non-hydrogen) atoms. The molecular weight excluding hydrogens is 120 g/mol. The average Bonchev–Trinajstić information content (AvgIpc) is 2.13. The Morgan fingerprint density at radius 3 is 2.67 bits per heavy atom. The largest absolute Gasteiger partial charge is 0.426 e. The summed E-state index contributed by atoms with van der Waals surface area (Å²) in [5.41, 5.74) is 0. The maximum Gasteiger partial charge on any atom is 0.333 e. The van der Waals surface area contributed by atoms with Gasteiger partial charge in [-0.2, -0.15) is 0 Å². The van der Waals surface area contributed by atoms with Crippen molar-refractivity contribution in [1.82, 2.24) is 0 Å². The van der Waals surface area contributed by atoms with Crippen molar-refractivity contribution in [3.05, 3.63) is 12.2 Å². The molecule has 0 aliphatic carbocycles. The van der Waals surface area contributed by atoms with Crippen molar-refractivity contribution in [3.8, 4) is 0 Å². The maximum atomic E-state index is 10.4. The van der Waals surface area contributed by atoms with Gasteiger partial charge in [-0.15, -0.1) is 0 Å². The summed E-state index contributed by atoms with van der Waals surface area (Å²) in [5.74, 6) is -1.17. The van der Waals surface area contributed by atoms with Crippen LogP contribution in [0.15, 0.2) is 12.2 Å². The van der Waals surface area contributed by atoms with Gasteiger partial charge >= 0.3 is 5.97 Å². The number of rotatable bonds is 1. The van der Waals surface area contributed by atoms with Crippen LogP contribution in [0, 0.1) is 0 Å². The van der Waals surface area contributed by atoms with Gasteiger partial charge in [0.1, 0.15) is 0 Å². The molecule has 1 heterocycles. The standard InChI is InChI=1S/C6H8O3/c1-6(8-2)4-3-5(7)9-6/h3-4H,1-2H3. The highest BCUT2D eigenvalue weighted by Gasteiger charge is 2.29. The van der Waals surface area contributed by atoms with Crippen LogP contribution in [-0.2, 0) is 14.3 Å². The molecule has 50 valence electrons. The third-order valence-corrected chi connectivity index (χ3v) is 1.23. The third-order valence-electron chi connectivity index (χ3n) is 1.23. The van der Waals surface area contributed by atoms with Crippen LogP contribution in [0.25, 0.3) is 0 Å². The molecule has 0 N–H and O–H groups in total. The lowest BCUT2D eigenvalue weighted by Crippen LogP contribution is -2.25. The molecule has 1 rings (SSSR count). The fourth-order valence-corrected chi connectivity index (χ4v) is 0.597. The Morgan fingerprint density at radius 2 is 2.44 bits per heavy atom. The van der Waals surface area contributed by atoms with Gasteiger partial charge in [0, 0.05) is 20.1 Å². The molecular formula is C6H8O3. The lowest BCUT2D eigenvalue weighted by Gasteiger charge is -2.18. The summed E-state index contributed by atoms with van der Waals surface area (Å²) in [4.78, 5) is 10.4. The van der Waals surface area contributed by atoms with Crippen molar-refractivity contribution in [2.45, 2.75) is 12.7 Å². The molecule has 0 saturated carbocycles. The van der Waals surface area contributed by atoms with Gasteiger partial charge < -0.3 is 9.47 Å². The predicted molar refractivity (Wildman–Crippen MR) is 30.6 cm³/mol. The number of methoxy groups -OCH3 is 1. The lowest BCUT2D eigenvalue weighted by atomic mass is 10.3. The van der Waals surface area contributed by atoms with Crippen molar-refractivity contribution < 1.29 is 14.3 Å². The van der Waals surface area contributed by atoms with E-state index in [0.29, 0.717) is 0 Å². The SMILES string of the molecule is COC1(C)C=CC(=O)O1. The summed E-state index contributed by atoms with van der Waals surface area (Å²) in [6, 6.07) is 0. The van der Waals surface area contributed by atoms with E-state index in [1.54, 1.807) is 13.0 Å². The first-order chi connectivity index (χ1) is 4.16. The number of carbonyl (C=O) groups excluding carboxylic acids is 1. The molecule has 0 saturated heterocycles. The Balaban J connectivity index is 2.68. The van der Waals surface area contributed by atoms with Gasteiger partial charge in [-0.05, 0) is 6.08 Å². The van der Waals surface area contributed by atoms with Crippen molar-refractivity contribution in [3.63, 3.8) is 0 Å². The van der Waals surface area contributed by atoms with E-state index in [9.17, 15) is 4.79 Å². The average molecular weight is 128 g/mol. The highest BCUT2D eigenvalue weighted by atomic mass is 16.7. The highest BCUT2D eigenvalue weighted by Crippen LogP contribution is 2.18. The number of cyclic esters (lactones) is 1. The number of carbonyl (C=O) groups is 1. The molecule has 0 aromatic heterocycles. The summed E-state index contributed by atoms with van der Waals surface area (Å²) in [6.07, 6.45) is 2.93. The lowest BCUT2D eigenvalue weighted by molar-refractivity contribution is -0.181. The minimum atomic E-state index is -0.822. The van der Waals surface area contributed by atoms with Crippen LogP contribution in [0.5, 0.6) is 0 Å². The maximum absolute atomic E-state index is 10.4. The van der Waals surface area contributed by atoms with Crippen LogP contribution < -0.4 is 0 Å². The molecule has 1 aliphatic rings. The predicted octanol–water partition coefficient (Wildman–Crippen LogP) is 0.462. The van der Waals surface area contributed by atoms with E-state index >= 15 is 0 Å². The van der Waals surface area contributed by atoms with E-state index in [1.165, 1.54) is 13.2 Å². The van der Waals surface area contributed by atoms with Gasteiger partial charge in [-0.1, -0.05) is 0 Å². The van der Waals surface area contributed by atoms with Crippen LogP contribution >= 0.6 is 0 Å². The first-order valence-electron chi connectivity index (χ1n) is 2.64. The van der Waals surface area contributed by atoms with Gasteiger partial charge in [0.2, 0.25) is 5.79 Å². The van der Waals surface area contributed by atoms with E-state index in [4.69, 9.17) is 9.47 Å². The topological polar surface area (TPSA) is 35.5 Å². The minimum Gasteiger partial charge on any atom is -0.426 e. The second kappa shape index (κ2) is 1.84. The number of hydrogen-bond donors (Lipinski definition) is 0. The third kappa shape index (κ3) is 1.10. The van der Waals surface area contributed by atoms with E-state index in [-0.39, 0.29) is 5.97 Å². The monoisotopic (exact) mass is 128 g/mol. The fraction of sp³-hybridized carbons (Fsp3) is 0.500. The van der Waals surface area contributed by atoms with Gasteiger partial charge in [0.25, 0.3) is 0 Å². The first kappa shape index (κ1) is 6.29. The summed E-state index contributed by atoms with van der Waals surface area (Å²) >= 11 is 0. The van der Waals surface area contributed by atoms with E-state index < -0.39 is 5.79 Å². The van der Waals surface area contributed by atoms with E-state index in [2.05, 4.69) is 0 Å².